The zero-order valence-electron chi connectivity index (χ0n) is 19.1. The highest BCUT2D eigenvalue weighted by Gasteiger charge is 2.41. The summed E-state index contributed by atoms with van der Waals surface area (Å²) >= 11 is 3.45. The molecule has 0 fully saturated rings. The molecule has 2 amide bonds. The molecule has 9 heteroatoms. The lowest BCUT2D eigenvalue weighted by atomic mass is 9.90. The number of hydrogen-bond acceptors (Lipinski definition) is 5. The summed E-state index contributed by atoms with van der Waals surface area (Å²) in [5.41, 5.74) is 1.94. The number of nitrogens with one attached hydrogen (secondary N) is 1. The molecule has 1 N–H and O–H groups in total. The predicted octanol–water partition coefficient (Wildman–Crippen LogP) is 4.28. The number of imide groups is 1. The smallest absolute Gasteiger partial charge is 0.261 e. The zero-order chi connectivity index (χ0) is 25.3. The number of halogens is 1. The number of ketones is 1. The lowest BCUT2D eigenvalue weighted by Crippen LogP contribution is -2.44. The Kier molecular flexibility index (Phi) is 7.02. The molecule has 35 heavy (non-hydrogen) atoms. The molecule has 0 bridgehead atoms. The topological polar surface area (TPSA) is 101 Å². The van der Waals surface area contributed by atoms with Crippen molar-refractivity contribution in [3.05, 3.63) is 99.5 Å². The Morgan fingerprint density at radius 2 is 1.46 bits per heavy atom. The van der Waals surface area contributed by atoms with E-state index in [2.05, 4.69) is 20.7 Å². The van der Waals surface area contributed by atoms with Crippen molar-refractivity contribution in [3.63, 3.8) is 0 Å². The maximum Gasteiger partial charge on any atom is 0.261 e. The van der Waals surface area contributed by atoms with E-state index in [4.69, 9.17) is 0 Å². The molecule has 0 spiro atoms. The van der Waals surface area contributed by atoms with Crippen LogP contribution in [0.3, 0.4) is 0 Å². The minimum Gasteiger partial charge on any atom is -0.300 e. The molecule has 0 saturated heterocycles. The first kappa shape index (κ1) is 25.0. The van der Waals surface area contributed by atoms with Crippen LogP contribution < -0.4 is 4.72 Å². The van der Waals surface area contributed by atoms with E-state index in [1.807, 2.05) is 6.92 Å². The number of Topliss-reactive ketones (excluding diaryl/α,β-unsaturated/α-hetero) is 1. The number of sulfonamides is 1. The third kappa shape index (κ3) is 4.98. The van der Waals surface area contributed by atoms with Gasteiger partial charge in [-0.2, -0.15) is 0 Å². The minimum absolute atomic E-state index is 0.0446. The van der Waals surface area contributed by atoms with Gasteiger partial charge in [0.15, 0.2) is 0 Å². The highest BCUT2D eigenvalue weighted by molar-refractivity contribution is 9.10. The number of amides is 2. The van der Waals surface area contributed by atoms with E-state index in [-0.39, 0.29) is 28.4 Å². The number of carbonyl (C=O) groups is 3. The van der Waals surface area contributed by atoms with Crippen LogP contribution in [0, 0.1) is 12.8 Å². The van der Waals surface area contributed by atoms with E-state index in [1.165, 1.54) is 19.1 Å². The van der Waals surface area contributed by atoms with Gasteiger partial charge in [0.1, 0.15) is 5.78 Å². The molecule has 4 rings (SSSR count). The van der Waals surface area contributed by atoms with Gasteiger partial charge < -0.3 is 0 Å². The predicted molar refractivity (Wildman–Crippen MR) is 134 cm³/mol. The van der Waals surface area contributed by atoms with Crippen LogP contribution in [0.15, 0.2) is 82.2 Å². The van der Waals surface area contributed by atoms with E-state index in [9.17, 15) is 22.8 Å². The van der Waals surface area contributed by atoms with Crippen LogP contribution in [0.25, 0.3) is 0 Å². The van der Waals surface area contributed by atoms with Gasteiger partial charge in [-0.15, -0.1) is 0 Å². The van der Waals surface area contributed by atoms with E-state index in [0.717, 1.165) is 10.5 Å². The molecule has 1 heterocycles. The van der Waals surface area contributed by atoms with Crippen LogP contribution in [0.1, 0.15) is 44.8 Å². The normalized spacial score (nSPS) is 15.1. The van der Waals surface area contributed by atoms with Gasteiger partial charge in [0.25, 0.3) is 11.8 Å². The molecule has 180 valence electrons. The van der Waals surface area contributed by atoms with Crippen molar-refractivity contribution in [3.8, 4) is 0 Å². The SMILES string of the molecule is CC(=O)[C@@H](CN1C(=O)c2ccccc2C1=O)[C@@H](NS(=O)(=O)c1ccc(C)cc1)c1ccccc1Br. The van der Waals surface area contributed by atoms with Gasteiger partial charge in [-0.3, -0.25) is 19.3 Å². The molecule has 3 aromatic carbocycles. The summed E-state index contributed by atoms with van der Waals surface area (Å²) in [5, 5.41) is 0. The van der Waals surface area contributed by atoms with Crippen molar-refractivity contribution in [1.29, 1.82) is 0 Å². The fourth-order valence-corrected chi connectivity index (χ4v) is 5.90. The average Bonchev–Trinajstić information content (AvgIpc) is 3.06. The van der Waals surface area contributed by atoms with Crippen LogP contribution in [0.5, 0.6) is 0 Å². The second kappa shape index (κ2) is 9.85. The van der Waals surface area contributed by atoms with Crippen molar-refractivity contribution in [2.75, 3.05) is 6.54 Å². The first-order valence-electron chi connectivity index (χ1n) is 10.9. The second-order valence-electron chi connectivity index (χ2n) is 8.42. The van der Waals surface area contributed by atoms with Gasteiger partial charge in [0, 0.05) is 11.0 Å². The number of carbonyl (C=O) groups excluding carboxylic acids is 3. The molecule has 0 saturated carbocycles. The maximum atomic E-state index is 13.3. The fourth-order valence-electron chi connectivity index (χ4n) is 4.11. The van der Waals surface area contributed by atoms with Crippen molar-refractivity contribution in [2.24, 2.45) is 5.92 Å². The number of fused-ring (bicyclic) bond motifs is 1. The first-order valence-corrected chi connectivity index (χ1v) is 13.2. The molecule has 0 radical (unpaired) electrons. The Morgan fingerprint density at radius 3 is 2.00 bits per heavy atom. The Balaban J connectivity index is 1.74. The van der Waals surface area contributed by atoms with Crippen LogP contribution in [-0.2, 0) is 14.8 Å². The number of benzene rings is 3. The highest BCUT2D eigenvalue weighted by Crippen LogP contribution is 2.33. The molecule has 0 unspecified atom stereocenters. The molecule has 1 aliphatic heterocycles. The number of rotatable bonds is 8. The van der Waals surface area contributed by atoms with E-state index in [0.29, 0.717) is 10.0 Å². The van der Waals surface area contributed by atoms with Crippen LogP contribution >= 0.6 is 15.9 Å². The summed E-state index contributed by atoms with van der Waals surface area (Å²) in [6.45, 7) is 2.90. The molecule has 7 nitrogen and oxygen atoms in total. The third-order valence-electron chi connectivity index (χ3n) is 6.04. The molecule has 0 aliphatic carbocycles. The molecule has 2 atom stereocenters. The van der Waals surface area contributed by atoms with E-state index >= 15 is 0 Å². The van der Waals surface area contributed by atoms with Gasteiger partial charge >= 0.3 is 0 Å². The molecular weight excluding hydrogens is 532 g/mol. The molecule has 1 aliphatic rings. The Labute approximate surface area is 212 Å². The van der Waals surface area contributed by atoms with E-state index in [1.54, 1.807) is 60.7 Å². The van der Waals surface area contributed by atoms with Crippen LogP contribution in [0.2, 0.25) is 0 Å². The van der Waals surface area contributed by atoms with Gasteiger partial charge in [0.2, 0.25) is 10.0 Å². The fraction of sp³-hybridized carbons (Fsp3) is 0.192. The first-order chi connectivity index (χ1) is 16.6. The maximum absolute atomic E-state index is 13.3. The lowest BCUT2D eigenvalue weighted by Gasteiger charge is -2.30. The van der Waals surface area contributed by atoms with Gasteiger partial charge in [-0.05, 0) is 49.7 Å². The van der Waals surface area contributed by atoms with Crippen molar-refractivity contribution in [2.45, 2.75) is 24.8 Å². The van der Waals surface area contributed by atoms with Gasteiger partial charge in [0.05, 0.1) is 28.0 Å². The summed E-state index contributed by atoms with van der Waals surface area (Å²) in [5.74, 6) is -2.42. The summed E-state index contributed by atoms with van der Waals surface area (Å²) in [6.07, 6.45) is 0. The Bertz CT molecular complexity index is 1380. The van der Waals surface area contributed by atoms with Crippen molar-refractivity contribution < 1.29 is 22.8 Å². The molecule has 3 aromatic rings. The lowest BCUT2D eigenvalue weighted by molar-refractivity contribution is -0.121. The van der Waals surface area contributed by atoms with Crippen molar-refractivity contribution in [1.82, 2.24) is 9.62 Å². The number of aryl methyl sites for hydroxylation is 1. The summed E-state index contributed by atoms with van der Waals surface area (Å²) in [4.78, 5) is 39.9. The quantitative estimate of drug-likeness (QED) is 0.419. The summed E-state index contributed by atoms with van der Waals surface area (Å²) < 4.78 is 29.9. The number of hydrogen-bond donors (Lipinski definition) is 1. The largest absolute Gasteiger partial charge is 0.300 e. The van der Waals surface area contributed by atoms with Gasteiger partial charge in [-0.25, -0.2) is 13.1 Å². The monoisotopic (exact) mass is 554 g/mol. The average molecular weight is 555 g/mol. The molecular formula is C26H23BrN2O5S. The second-order valence-corrected chi connectivity index (χ2v) is 11.0. The Hall–Kier alpha value is -3.14. The standard InChI is InChI=1S/C26H23BrN2O5S/c1-16-11-13-18(14-12-16)35(33,34)28-24(21-9-5-6-10-23(21)27)22(17(2)30)15-29-25(31)19-7-3-4-8-20(19)26(29)32/h3-14,22,24,28H,15H2,1-2H3/t22-,24+/m1/s1. The summed E-state index contributed by atoms with van der Waals surface area (Å²) in [6, 6.07) is 18.7. The third-order valence-corrected chi connectivity index (χ3v) is 8.21. The van der Waals surface area contributed by atoms with E-state index < -0.39 is 33.8 Å². The zero-order valence-corrected chi connectivity index (χ0v) is 21.5. The Morgan fingerprint density at radius 1 is 0.914 bits per heavy atom. The minimum atomic E-state index is -4.05. The number of nitrogens with zero attached hydrogens (tertiary/aromatic N) is 1. The van der Waals surface area contributed by atoms with Crippen LogP contribution in [-0.4, -0.2) is 37.5 Å². The van der Waals surface area contributed by atoms with Crippen LogP contribution in [0.4, 0.5) is 0 Å². The summed E-state index contributed by atoms with van der Waals surface area (Å²) in [7, 11) is -4.05. The van der Waals surface area contributed by atoms with Crippen molar-refractivity contribution >= 4 is 43.6 Å². The molecule has 0 aromatic heterocycles. The van der Waals surface area contributed by atoms with Gasteiger partial charge in [-0.1, -0.05) is 64.0 Å². The highest BCUT2D eigenvalue weighted by atomic mass is 79.9.